The number of fused-ring (bicyclic) bond motifs is 2. The summed E-state index contributed by atoms with van der Waals surface area (Å²) in [6.07, 6.45) is 6.78. The molecule has 1 aliphatic heterocycles. The molecule has 4 rings (SSSR count). The van der Waals surface area contributed by atoms with Gasteiger partial charge >= 0.3 is 0 Å². The number of guanidine groups is 1. The van der Waals surface area contributed by atoms with Crippen LogP contribution in [0.3, 0.4) is 0 Å². The maximum Gasteiger partial charge on any atom is 0.253 e. The summed E-state index contributed by atoms with van der Waals surface area (Å²) in [6.45, 7) is 4.44. The molecule has 3 atom stereocenters. The van der Waals surface area contributed by atoms with Crippen LogP contribution in [0, 0.1) is 11.3 Å². The zero-order valence-corrected chi connectivity index (χ0v) is 20.6. The van der Waals surface area contributed by atoms with Gasteiger partial charge in [0.2, 0.25) is 0 Å². The Labute approximate surface area is 197 Å². The Balaban J connectivity index is 0.00000256. The third-order valence-corrected chi connectivity index (χ3v) is 6.95. The molecule has 166 valence electrons. The van der Waals surface area contributed by atoms with Crippen molar-refractivity contribution in [2.75, 3.05) is 27.2 Å². The summed E-state index contributed by atoms with van der Waals surface area (Å²) in [5.41, 5.74) is 2.12. The molecule has 1 aromatic rings. The van der Waals surface area contributed by atoms with Gasteiger partial charge in [-0.15, -0.1) is 24.0 Å². The normalized spacial score (nSPS) is 26.5. The molecule has 1 saturated heterocycles. The SMILES string of the molecule is CCNC(=NCc1ccc(C(=O)N(C)C)cc1)NC1C2CCOC2C12CCCC2.I. The fourth-order valence-corrected chi connectivity index (χ4v) is 5.55. The molecule has 7 heteroatoms. The maximum absolute atomic E-state index is 12.0. The molecule has 2 aliphatic carbocycles. The van der Waals surface area contributed by atoms with Gasteiger partial charge in [0.05, 0.1) is 12.6 Å². The number of halogens is 1. The van der Waals surface area contributed by atoms with Crippen LogP contribution in [0.4, 0.5) is 0 Å². The van der Waals surface area contributed by atoms with Gasteiger partial charge in [-0.05, 0) is 43.9 Å². The molecule has 1 amide bonds. The molecule has 6 nitrogen and oxygen atoms in total. The molecule has 3 fully saturated rings. The molecular weight excluding hydrogens is 491 g/mol. The van der Waals surface area contributed by atoms with Gasteiger partial charge < -0.3 is 20.3 Å². The zero-order valence-electron chi connectivity index (χ0n) is 18.3. The monoisotopic (exact) mass is 526 g/mol. The molecule has 30 heavy (non-hydrogen) atoms. The van der Waals surface area contributed by atoms with Crippen molar-refractivity contribution in [3.05, 3.63) is 35.4 Å². The summed E-state index contributed by atoms with van der Waals surface area (Å²) < 4.78 is 6.11. The van der Waals surface area contributed by atoms with Crippen molar-refractivity contribution in [2.24, 2.45) is 16.3 Å². The summed E-state index contributed by atoms with van der Waals surface area (Å²) in [5.74, 6) is 1.53. The standard InChI is InChI=1S/C23H34N4O2.HI/c1-4-24-22(25-15-16-7-9-17(10-8-16)21(28)27(2)3)26-19-18-11-14-29-20(18)23(19)12-5-6-13-23;/h7-10,18-20H,4-6,11-15H2,1-3H3,(H2,24,25,26);1H. The van der Waals surface area contributed by atoms with Crippen LogP contribution in [0.2, 0.25) is 0 Å². The molecule has 2 N–H and O–H groups in total. The largest absolute Gasteiger partial charge is 0.377 e. The van der Waals surface area contributed by atoms with Crippen molar-refractivity contribution in [3.63, 3.8) is 0 Å². The Kier molecular flexibility index (Phi) is 7.66. The Hall–Kier alpha value is -1.35. The Morgan fingerprint density at radius 1 is 1.23 bits per heavy atom. The molecule has 0 radical (unpaired) electrons. The maximum atomic E-state index is 12.0. The molecular formula is C23H35IN4O2. The van der Waals surface area contributed by atoms with Crippen LogP contribution < -0.4 is 10.6 Å². The summed E-state index contributed by atoms with van der Waals surface area (Å²) >= 11 is 0. The lowest BCUT2D eigenvalue weighted by atomic mass is 9.54. The molecule has 2 saturated carbocycles. The smallest absolute Gasteiger partial charge is 0.253 e. The number of carbonyl (C=O) groups excluding carboxylic acids is 1. The van der Waals surface area contributed by atoms with Crippen LogP contribution in [0.5, 0.6) is 0 Å². The lowest BCUT2D eigenvalue weighted by Gasteiger charge is -2.57. The molecule has 0 bridgehead atoms. The highest BCUT2D eigenvalue weighted by molar-refractivity contribution is 14.0. The van der Waals surface area contributed by atoms with E-state index in [4.69, 9.17) is 9.73 Å². The van der Waals surface area contributed by atoms with Crippen LogP contribution >= 0.6 is 24.0 Å². The van der Waals surface area contributed by atoms with Gasteiger partial charge in [-0.1, -0.05) is 25.0 Å². The number of ether oxygens (including phenoxy) is 1. The van der Waals surface area contributed by atoms with E-state index in [0.29, 0.717) is 35.6 Å². The molecule has 1 spiro atoms. The van der Waals surface area contributed by atoms with Gasteiger partial charge in [0.15, 0.2) is 5.96 Å². The van der Waals surface area contributed by atoms with E-state index in [1.54, 1.807) is 19.0 Å². The third-order valence-electron chi connectivity index (χ3n) is 6.95. The number of hydrogen-bond acceptors (Lipinski definition) is 3. The second-order valence-corrected chi connectivity index (χ2v) is 8.90. The van der Waals surface area contributed by atoms with E-state index in [2.05, 4.69) is 17.6 Å². The highest BCUT2D eigenvalue weighted by atomic mass is 127. The molecule has 1 aromatic carbocycles. The Morgan fingerprint density at radius 3 is 2.57 bits per heavy atom. The van der Waals surface area contributed by atoms with Gasteiger partial charge in [0.25, 0.3) is 5.91 Å². The second-order valence-electron chi connectivity index (χ2n) is 8.90. The predicted molar refractivity (Wildman–Crippen MR) is 130 cm³/mol. The summed E-state index contributed by atoms with van der Waals surface area (Å²) in [6, 6.07) is 8.22. The first-order valence-corrected chi connectivity index (χ1v) is 11.0. The average molecular weight is 526 g/mol. The van der Waals surface area contributed by atoms with E-state index in [-0.39, 0.29) is 29.9 Å². The zero-order chi connectivity index (χ0) is 20.4. The van der Waals surface area contributed by atoms with E-state index in [1.807, 2.05) is 24.3 Å². The fourth-order valence-electron chi connectivity index (χ4n) is 5.55. The average Bonchev–Trinajstić information content (AvgIpc) is 3.38. The topological polar surface area (TPSA) is 66.0 Å². The first-order chi connectivity index (χ1) is 14.0. The number of hydrogen-bond donors (Lipinski definition) is 2. The van der Waals surface area contributed by atoms with Gasteiger partial charge in [-0.3, -0.25) is 4.79 Å². The second kappa shape index (κ2) is 9.85. The molecule has 3 unspecified atom stereocenters. The number of nitrogens with one attached hydrogen (secondary N) is 2. The van der Waals surface area contributed by atoms with Gasteiger partial charge in [0, 0.05) is 50.2 Å². The number of carbonyl (C=O) groups is 1. The number of nitrogens with zero attached hydrogens (tertiary/aromatic N) is 2. The van der Waals surface area contributed by atoms with Crippen LogP contribution in [0.25, 0.3) is 0 Å². The van der Waals surface area contributed by atoms with Crippen LogP contribution in [-0.4, -0.2) is 56.2 Å². The van der Waals surface area contributed by atoms with Crippen molar-refractivity contribution in [1.29, 1.82) is 0 Å². The fraction of sp³-hybridized carbons (Fsp3) is 0.652. The minimum atomic E-state index is 0. The predicted octanol–water partition coefficient (Wildman–Crippen LogP) is 3.41. The Bertz CT molecular complexity index is 759. The lowest BCUT2D eigenvalue weighted by Crippen LogP contribution is -2.69. The van der Waals surface area contributed by atoms with Crippen molar-refractivity contribution in [2.45, 2.75) is 57.7 Å². The van der Waals surface area contributed by atoms with E-state index in [0.717, 1.165) is 31.1 Å². The van der Waals surface area contributed by atoms with Crippen molar-refractivity contribution >= 4 is 35.8 Å². The van der Waals surface area contributed by atoms with Crippen molar-refractivity contribution < 1.29 is 9.53 Å². The number of amides is 1. The first kappa shape index (κ1) is 23.3. The highest BCUT2D eigenvalue weighted by Gasteiger charge is 2.65. The van der Waals surface area contributed by atoms with E-state index in [9.17, 15) is 4.79 Å². The Morgan fingerprint density at radius 2 is 1.93 bits per heavy atom. The van der Waals surface area contributed by atoms with Crippen molar-refractivity contribution in [1.82, 2.24) is 15.5 Å². The number of rotatable bonds is 5. The van der Waals surface area contributed by atoms with Gasteiger partial charge in [-0.25, -0.2) is 4.99 Å². The van der Waals surface area contributed by atoms with Crippen LogP contribution in [0.15, 0.2) is 29.3 Å². The third kappa shape index (κ3) is 4.33. The molecule has 1 heterocycles. The first-order valence-electron chi connectivity index (χ1n) is 11.0. The minimum absolute atomic E-state index is 0. The minimum Gasteiger partial charge on any atom is -0.377 e. The molecule has 0 aromatic heterocycles. The summed E-state index contributed by atoms with van der Waals surface area (Å²) in [7, 11) is 3.54. The molecule has 3 aliphatic rings. The van der Waals surface area contributed by atoms with E-state index < -0.39 is 0 Å². The van der Waals surface area contributed by atoms with E-state index >= 15 is 0 Å². The quantitative estimate of drug-likeness (QED) is 0.351. The number of benzene rings is 1. The lowest BCUT2D eigenvalue weighted by molar-refractivity contribution is -0.125. The van der Waals surface area contributed by atoms with Gasteiger partial charge in [-0.2, -0.15) is 0 Å². The number of aliphatic imine (C=N–C) groups is 1. The van der Waals surface area contributed by atoms with E-state index in [1.165, 1.54) is 25.7 Å². The van der Waals surface area contributed by atoms with Crippen LogP contribution in [-0.2, 0) is 11.3 Å². The van der Waals surface area contributed by atoms with Gasteiger partial charge in [0.1, 0.15) is 0 Å². The van der Waals surface area contributed by atoms with Crippen LogP contribution in [0.1, 0.15) is 54.9 Å². The summed E-state index contributed by atoms with van der Waals surface area (Å²) in [4.78, 5) is 18.5. The van der Waals surface area contributed by atoms with Crippen molar-refractivity contribution in [3.8, 4) is 0 Å². The summed E-state index contributed by atoms with van der Waals surface area (Å²) in [5, 5.41) is 7.19. The highest BCUT2D eigenvalue weighted by Crippen LogP contribution is 2.60.